The number of anilines is 1. The molecule has 2 rings (SSSR count). The maximum Gasteiger partial charge on any atom is 0.264 e. The van der Waals surface area contributed by atoms with Crippen molar-refractivity contribution in [3.8, 4) is 0 Å². The van der Waals surface area contributed by atoms with Crippen molar-refractivity contribution >= 4 is 33.2 Å². The Kier molecular flexibility index (Phi) is 6.00. The van der Waals surface area contributed by atoms with Crippen LogP contribution in [-0.2, 0) is 14.8 Å². The van der Waals surface area contributed by atoms with Gasteiger partial charge in [-0.2, -0.15) is 0 Å². The van der Waals surface area contributed by atoms with Crippen LogP contribution in [0.15, 0.2) is 72.1 Å². The van der Waals surface area contributed by atoms with Gasteiger partial charge in [0.25, 0.3) is 10.0 Å². The van der Waals surface area contributed by atoms with Crippen molar-refractivity contribution in [3.05, 3.63) is 72.3 Å². The Morgan fingerprint density at radius 1 is 1.17 bits per heavy atom. The Morgan fingerprint density at radius 2 is 1.88 bits per heavy atom. The Hall–Kier alpha value is -2.31. The lowest BCUT2D eigenvalue weighted by molar-refractivity contribution is -0.119. The smallest absolute Gasteiger partial charge is 0.264 e. The lowest BCUT2D eigenvalue weighted by Crippen LogP contribution is -2.40. The van der Waals surface area contributed by atoms with Gasteiger partial charge in [-0.3, -0.25) is 9.10 Å². The van der Waals surface area contributed by atoms with E-state index in [1.54, 1.807) is 36.4 Å². The largest absolute Gasteiger partial charge is 0.351 e. The van der Waals surface area contributed by atoms with Gasteiger partial charge in [-0.05, 0) is 30.3 Å². The molecule has 0 saturated heterocycles. The minimum absolute atomic E-state index is 0.0986. The van der Waals surface area contributed by atoms with E-state index in [1.807, 2.05) is 0 Å². The van der Waals surface area contributed by atoms with Gasteiger partial charge in [-0.25, -0.2) is 8.42 Å². The van der Waals surface area contributed by atoms with Gasteiger partial charge in [0, 0.05) is 11.6 Å². The third-order valence-corrected chi connectivity index (χ3v) is 5.18. The Balaban J connectivity index is 2.43. The van der Waals surface area contributed by atoms with Gasteiger partial charge in [0.15, 0.2) is 0 Å². The zero-order chi connectivity index (χ0) is 17.6. The number of hydrogen-bond acceptors (Lipinski definition) is 3. The van der Waals surface area contributed by atoms with E-state index < -0.39 is 15.9 Å². The maximum atomic E-state index is 12.9. The van der Waals surface area contributed by atoms with E-state index in [1.165, 1.54) is 24.3 Å². The topological polar surface area (TPSA) is 66.5 Å². The second-order valence-corrected chi connectivity index (χ2v) is 7.20. The van der Waals surface area contributed by atoms with Crippen LogP contribution in [0.25, 0.3) is 0 Å². The standard InChI is InChI=1S/C17H17ClN2O3S/c1-2-11-19-17(21)13-20(15-8-6-7-14(18)12-15)24(22,23)16-9-4-3-5-10-16/h2-10,12H,1,11,13H2,(H,19,21). The Bertz CT molecular complexity index is 823. The minimum atomic E-state index is -3.90. The van der Waals surface area contributed by atoms with Crippen molar-refractivity contribution < 1.29 is 13.2 Å². The normalized spacial score (nSPS) is 10.9. The molecule has 1 N–H and O–H groups in total. The van der Waals surface area contributed by atoms with Crippen molar-refractivity contribution in [1.82, 2.24) is 5.32 Å². The summed E-state index contributed by atoms with van der Waals surface area (Å²) < 4.78 is 26.9. The molecule has 0 bridgehead atoms. The van der Waals surface area contributed by atoms with Gasteiger partial charge in [0.1, 0.15) is 6.54 Å². The summed E-state index contributed by atoms with van der Waals surface area (Å²) in [6.07, 6.45) is 1.52. The van der Waals surface area contributed by atoms with E-state index in [0.717, 1.165) is 4.31 Å². The van der Waals surface area contributed by atoms with Crippen LogP contribution in [0.1, 0.15) is 0 Å². The summed E-state index contributed by atoms with van der Waals surface area (Å²) in [5.74, 6) is -0.436. The Morgan fingerprint density at radius 3 is 2.50 bits per heavy atom. The van der Waals surface area contributed by atoms with Crippen molar-refractivity contribution in [3.63, 3.8) is 0 Å². The highest BCUT2D eigenvalue weighted by atomic mass is 35.5. The summed E-state index contributed by atoms with van der Waals surface area (Å²) in [5, 5.41) is 2.96. The Labute approximate surface area is 146 Å². The molecule has 5 nitrogen and oxygen atoms in total. The molecule has 0 unspecified atom stereocenters. The number of carbonyl (C=O) groups excluding carboxylic acids is 1. The molecule has 0 atom stereocenters. The zero-order valence-corrected chi connectivity index (χ0v) is 14.4. The number of hydrogen-bond donors (Lipinski definition) is 1. The highest BCUT2D eigenvalue weighted by Gasteiger charge is 2.27. The third kappa shape index (κ3) is 4.37. The first-order valence-electron chi connectivity index (χ1n) is 7.16. The molecule has 0 fully saturated rings. The monoisotopic (exact) mass is 364 g/mol. The molecule has 0 aliphatic carbocycles. The lowest BCUT2D eigenvalue weighted by atomic mass is 10.3. The van der Waals surface area contributed by atoms with E-state index >= 15 is 0 Å². The molecule has 1 amide bonds. The molecule has 7 heteroatoms. The number of halogens is 1. The zero-order valence-electron chi connectivity index (χ0n) is 12.9. The van der Waals surface area contributed by atoms with Crippen LogP contribution < -0.4 is 9.62 Å². The summed E-state index contributed by atoms with van der Waals surface area (Å²) in [6, 6.07) is 14.3. The molecule has 0 aromatic heterocycles. The third-order valence-electron chi connectivity index (χ3n) is 3.16. The number of carbonyl (C=O) groups is 1. The van der Waals surface area contributed by atoms with Gasteiger partial charge in [0.2, 0.25) is 5.91 Å². The second-order valence-electron chi connectivity index (χ2n) is 4.90. The van der Waals surface area contributed by atoms with Crippen LogP contribution in [0.4, 0.5) is 5.69 Å². The van der Waals surface area contributed by atoms with E-state index in [-0.39, 0.29) is 18.0 Å². The van der Waals surface area contributed by atoms with Gasteiger partial charge in [0.05, 0.1) is 10.6 Å². The van der Waals surface area contributed by atoms with Crippen LogP contribution in [-0.4, -0.2) is 27.4 Å². The van der Waals surface area contributed by atoms with Crippen LogP contribution in [0.5, 0.6) is 0 Å². The van der Waals surface area contributed by atoms with E-state index in [4.69, 9.17) is 11.6 Å². The highest BCUT2D eigenvalue weighted by molar-refractivity contribution is 7.92. The van der Waals surface area contributed by atoms with E-state index in [0.29, 0.717) is 10.7 Å². The lowest BCUT2D eigenvalue weighted by Gasteiger charge is -2.24. The number of nitrogens with one attached hydrogen (secondary N) is 1. The first kappa shape index (κ1) is 18.0. The average Bonchev–Trinajstić information content (AvgIpc) is 2.58. The van der Waals surface area contributed by atoms with E-state index in [9.17, 15) is 13.2 Å². The molecule has 2 aromatic carbocycles. The maximum absolute atomic E-state index is 12.9. The van der Waals surface area contributed by atoms with Crippen molar-refractivity contribution in [2.45, 2.75) is 4.90 Å². The van der Waals surface area contributed by atoms with Crippen LogP contribution in [0, 0.1) is 0 Å². The molecule has 0 saturated carbocycles. The van der Waals surface area contributed by atoms with Gasteiger partial charge in [-0.1, -0.05) is 41.9 Å². The van der Waals surface area contributed by atoms with Crippen LogP contribution in [0.3, 0.4) is 0 Å². The first-order chi connectivity index (χ1) is 11.4. The number of benzene rings is 2. The summed E-state index contributed by atoms with van der Waals surface area (Å²) >= 11 is 5.97. The van der Waals surface area contributed by atoms with Crippen molar-refractivity contribution in [1.29, 1.82) is 0 Å². The van der Waals surface area contributed by atoms with Gasteiger partial charge >= 0.3 is 0 Å². The van der Waals surface area contributed by atoms with Crippen LogP contribution in [0.2, 0.25) is 5.02 Å². The molecule has 0 aliphatic rings. The summed E-state index contributed by atoms with van der Waals surface area (Å²) in [7, 11) is -3.90. The highest BCUT2D eigenvalue weighted by Crippen LogP contribution is 2.25. The molecular formula is C17H17ClN2O3S. The van der Waals surface area contributed by atoms with Crippen molar-refractivity contribution in [2.75, 3.05) is 17.4 Å². The fourth-order valence-electron chi connectivity index (χ4n) is 2.04. The molecule has 0 radical (unpaired) electrons. The molecule has 0 spiro atoms. The molecular weight excluding hydrogens is 348 g/mol. The average molecular weight is 365 g/mol. The molecule has 2 aromatic rings. The number of nitrogens with zero attached hydrogens (tertiary/aromatic N) is 1. The number of rotatable bonds is 7. The fraction of sp³-hybridized carbons (Fsp3) is 0.118. The number of sulfonamides is 1. The van der Waals surface area contributed by atoms with Crippen LogP contribution >= 0.6 is 11.6 Å². The van der Waals surface area contributed by atoms with Gasteiger partial charge in [-0.15, -0.1) is 6.58 Å². The predicted molar refractivity (Wildman–Crippen MR) is 95.6 cm³/mol. The fourth-order valence-corrected chi connectivity index (χ4v) is 3.66. The summed E-state index contributed by atoms with van der Waals surface area (Å²) in [5.41, 5.74) is 0.320. The SMILES string of the molecule is C=CCNC(=O)CN(c1cccc(Cl)c1)S(=O)(=O)c1ccccc1. The van der Waals surface area contributed by atoms with E-state index in [2.05, 4.69) is 11.9 Å². The molecule has 24 heavy (non-hydrogen) atoms. The minimum Gasteiger partial charge on any atom is -0.351 e. The summed E-state index contributed by atoms with van der Waals surface area (Å²) in [6.45, 7) is 3.42. The second kappa shape index (κ2) is 7.99. The summed E-state index contributed by atoms with van der Waals surface area (Å²) in [4.78, 5) is 12.1. The molecule has 0 aliphatic heterocycles. The number of amides is 1. The molecule has 0 heterocycles. The van der Waals surface area contributed by atoms with Crippen molar-refractivity contribution in [2.24, 2.45) is 0 Å². The quantitative estimate of drug-likeness (QED) is 0.768. The van der Waals surface area contributed by atoms with Gasteiger partial charge < -0.3 is 5.32 Å². The predicted octanol–water partition coefficient (Wildman–Crippen LogP) is 2.84. The first-order valence-corrected chi connectivity index (χ1v) is 8.98. The molecule has 126 valence electrons.